The fraction of sp³-hybridized carbons (Fsp3) is 0. The standard InChI is InChI=1S/C46H28O9/c47-38-34-32(24-11-5-10-23(19-24)27-14-6-9-21-7-1-3-12-26(21)27)35-37(41(50)45(54)43(52)39(35)48)33(36(34)40(49)44(53)42(38)51)25-16-18-31-30(20-25)29-17-15-22-8-2-4-13-28(22)46(29)55-31/h1-20,47-54H. The minimum atomic E-state index is -1.03. The lowest BCUT2D eigenvalue weighted by Gasteiger charge is -2.22. The molecule has 0 atom stereocenters. The normalized spacial score (nSPS) is 11.9. The lowest BCUT2D eigenvalue weighted by Crippen LogP contribution is -1.95. The van der Waals surface area contributed by atoms with Crippen molar-refractivity contribution >= 4 is 65.0 Å². The summed E-state index contributed by atoms with van der Waals surface area (Å²) in [7, 11) is 0. The zero-order valence-corrected chi connectivity index (χ0v) is 28.5. The van der Waals surface area contributed by atoms with Crippen LogP contribution in [-0.2, 0) is 0 Å². The van der Waals surface area contributed by atoms with E-state index in [0.717, 1.165) is 38.1 Å². The van der Waals surface area contributed by atoms with Crippen LogP contribution in [0.25, 0.3) is 98.4 Å². The third kappa shape index (κ3) is 4.35. The third-order valence-corrected chi connectivity index (χ3v) is 10.7. The van der Waals surface area contributed by atoms with Crippen molar-refractivity contribution in [3.05, 3.63) is 121 Å². The van der Waals surface area contributed by atoms with Gasteiger partial charge >= 0.3 is 0 Å². The van der Waals surface area contributed by atoms with Gasteiger partial charge in [0.25, 0.3) is 0 Å². The molecule has 9 nitrogen and oxygen atoms in total. The van der Waals surface area contributed by atoms with Crippen LogP contribution in [0.4, 0.5) is 0 Å². The molecule has 9 heteroatoms. The van der Waals surface area contributed by atoms with Crippen LogP contribution in [0.2, 0.25) is 0 Å². The van der Waals surface area contributed by atoms with Gasteiger partial charge in [-0.05, 0) is 62.7 Å². The maximum atomic E-state index is 11.7. The Labute approximate surface area is 310 Å². The minimum Gasteiger partial charge on any atom is -0.504 e. The average molecular weight is 725 g/mol. The highest BCUT2D eigenvalue weighted by atomic mass is 16.4. The molecule has 0 aliphatic carbocycles. The summed E-state index contributed by atoms with van der Waals surface area (Å²) in [4.78, 5) is 0. The Kier molecular flexibility index (Phi) is 6.59. The molecule has 1 aromatic heterocycles. The number of rotatable bonds is 3. The molecule has 10 aromatic rings. The van der Waals surface area contributed by atoms with Crippen molar-refractivity contribution in [2.75, 3.05) is 0 Å². The molecular formula is C46H28O9. The van der Waals surface area contributed by atoms with Gasteiger partial charge < -0.3 is 45.3 Å². The summed E-state index contributed by atoms with van der Waals surface area (Å²) in [5.41, 5.74) is 3.30. The predicted octanol–water partition coefficient (Wildman–Crippen LogP) is 10.8. The van der Waals surface area contributed by atoms with Gasteiger partial charge in [-0.2, -0.15) is 0 Å². The summed E-state index contributed by atoms with van der Waals surface area (Å²) < 4.78 is 6.31. The molecule has 10 rings (SSSR count). The number of hydrogen-bond acceptors (Lipinski definition) is 9. The van der Waals surface area contributed by atoms with Gasteiger partial charge in [0.1, 0.15) is 11.2 Å². The summed E-state index contributed by atoms with van der Waals surface area (Å²) in [6, 6.07) is 37.4. The van der Waals surface area contributed by atoms with Crippen molar-refractivity contribution < 1.29 is 45.3 Å². The van der Waals surface area contributed by atoms with Crippen molar-refractivity contribution in [3.63, 3.8) is 0 Å². The Morgan fingerprint density at radius 3 is 1.44 bits per heavy atom. The highest BCUT2D eigenvalue weighted by Gasteiger charge is 2.32. The predicted molar refractivity (Wildman–Crippen MR) is 213 cm³/mol. The van der Waals surface area contributed by atoms with E-state index in [9.17, 15) is 40.9 Å². The fourth-order valence-electron chi connectivity index (χ4n) is 8.18. The SMILES string of the molecule is Oc1c(O)c(O)c2c(-c3ccc4oc5c6ccccc6ccc5c4c3)c3c(O)c(O)c(O)c(O)c3c(-c3cccc(-c4cccc5ccccc45)c3)c2c1O. The Bertz CT molecular complexity index is 3220. The van der Waals surface area contributed by atoms with E-state index in [0.29, 0.717) is 27.7 Å². The minimum absolute atomic E-state index is 0.0247. The van der Waals surface area contributed by atoms with Gasteiger partial charge in [-0.25, -0.2) is 0 Å². The summed E-state index contributed by atoms with van der Waals surface area (Å²) >= 11 is 0. The van der Waals surface area contributed by atoms with Gasteiger partial charge in [-0.15, -0.1) is 0 Å². The summed E-state index contributed by atoms with van der Waals surface area (Å²) in [6.07, 6.45) is 0. The van der Waals surface area contributed by atoms with E-state index in [1.807, 2.05) is 84.9 Å². The van der Waals surface area contributed by atoms with Crippen LogP contribution in [0, 0.1) is 0 Å². The van der Waals surface area contributed by atoms with Crippen LogP contribution in [0.5, 0.6) is 46.0 Å². The maximum absolute atomic E-state index is 11.7. The lowest BCUT2D eigenvalue weighted by molar-refractivity contribution is 0.350. The van der Waals surface area contributed by atoms with Crippen molar-refractivity contribution in [2.24, 2.45) is 0 Å². The molecule has 0 fully saturated rings. The van der Waals surface area contributed by atoms with E-state index in [-0.39, 0.29) is 32.7 Å². The van der Waals surface area contributed by atoms with E-state index >= 15 is 0 Å². The number of phenols is 8. The topological polar surface area (TPSA) is 175 Å². The van der Waals surface area contributed by atoms with Crippen LogP contribution >= 0.6 is 0 Å². The van der Waals surface area contributed by atoms with Gasteiger partial charge in [-0.1, -0.05) is 97.1 Å². The van der Waals surface area contributed by atoms with Gasteiger partial charge in [-0.3, -0.25) is 0 Å². The second-order valence-electron chi connectivity index (χ2n) is 13.6. The van der Waals surface area contributed by atoms with E-state index in [1.54, 1.807) is 36.4 Å². The molecule has 9 aromatic carbocycles. The Hall–Kier alpha value is -7.78. The first kappa shape index (κ1) is 31.9. The van der Waals surface area contributed by atoms with Gasteiger partial charge in [0, 0.05) is 48.8 Å². The Morgan fingerprint density at radius 1 is 0.327 bits per heavy atom. The molecule has 0 radical (unpaired) electrons. The number of hydrogen-bond donors (Lipinski definition) is 8. The van der Waals surface area contributed by atoms with Gasteiger partial charge in [0.15, 0.2) is 23.0 Å². The largest absolute Gasteiger partial charge is 0.504 e. The molecule has 0 aliphatic rings. The summed E-state index contributed by atoms with van der Waals surface area (Å²) in [5, 5.41) is 95.3. The van der Waals surface area contributed by atoms with Crippen LogP contribution < -0.4 is 0 Å². The lowest BCUT2D eigenvalue weighted by atomic mass is 9.83. The molecule has 266 valence electrons. The summed E-state index contributed by atoms with van der Waals surface area (Å²) in [6.45, 7) is 0. The molecule has 0 saturated carbocycles. The average Bonchev–Trinajstić information content (AvgIpc) is 3.60. The number of benzene rings is 9. The Morgan fingerprint density at radius 2 is 0.818 bits per heavy atom. The molecule has 0 aliphatic heterocycles. The van der Waals surface area contributed by atoms with E-state index in [2.05, 4.69) is 0 Å². The maximum Gasteiger partial charge on any atom is 0.204 e. The Balaban J connectivity index is 1.37. The molecule has 0 bridgehead atoms. The first-order valence-electron chi connectivity index (χ1n) is 17.3. The second-order valence-corrected chi connectivity index (χ2v) is 13.6. The highest BCUT2D eigenvalue weighted by Crippen LogP contribution is 2.62. The van der Waals surface area contributed by atoms with E-state index < -0.39 is 46.0 Å². The van der Waals surface area contributed by atoms with Crippen molar-refractivity contribution in [1.82, 2.24) is 0 Å². The zero-order chi connectivity index (χ0) is 37.9. The molecule has 55 heavy (non-hydrogen) atoms. The molecule has 8 N–H and O–H groups in total. The first-order chi connectivity index (χ1) is 26.6. The summed E-state index contributed by atoms with van der Waals surface area (Å²) in [5.74, 6) is -7.50. The van der Waals surface area contributed by atoms with Crippen molar-refractivity contribution in [3.8, 4) is 79.4 Å². The molecule has 1 heterocycles. The van der Waals surface area contributed by atoms with Gasteiger partial charge in [0.05, 0.1) is 0 Å². The van der Waals surface area contributed by atoms with Gasteiger partial charge in [0.2, 0.25) is 23.0 Å². The van der Waals surface area contributed by atoms with Crippen LogP contribution in [0.1, 0.15) is 0 Å². The van der Waals surface area contributed by atoms with E-state index in [1.165, 1.54) is 0 Å². The zero-order valence-electron chi connectivity index (χ0n) is 28.5. The smallest absolute Gasteiger partial charge is 0.204 e. The third-order valence-electron chi connectivity index (χ3n) is 10.7. The van der Waals surface area contributed by atoms with Crippen LogP contribution in [0.15, 0.2) is 126 Å². The molecular weight excluding hydrogens is 696 g/mol. The van der Waals surface area contributed by atoms with Crippen LogP contribution in [-0.4, -0.2) is 40.9 Å². The van der Waals surface area contributed by atoms with Crippen molar-refractivity contribution in [1.29, 1.82) is 0 Å². The number of aromatic hydroxyl groups is 8. The number of furan rings is 1. The molecule has 0 saturated heterocycles. The number of fused-ring (bicyclic) bond motifs is 8. The van der Waals surface area contributed by atoms with Crippen LogP contribution in [0.3, 0.4) is 0 Å². The van der Waals surface area contributed by atoms with E-state index in [4.69, 9.17) is 4.42 Å². The molecule has 0 unspecified atom stereocenters. The van der Waals surface area contributed by atoms with Crippen molar-refractivity contribution in [2.45, 2.75) is 0 Å². The molecule has 0 spiro atoms. The first-order valence-corrected chi connectivity index (χ1v) is 17.3. The monoisotopic (exact) mass is 724 g/mol. The number of phenolic OH excluding ortho intramolecular Hbond substituents is 8. The quantitative estimate of drug-likeness (QED) is 0.0501. The molecule has 0 amide bonds. The second kappa shape index (κ2) is 11.4. The highest BCUT2D eigenvalue weighted by molar-refractivity contribution is 6.29. The fourth-order valence-corrected chi connectivity index (χ4v) is 8.18.